The molecule has 2 rings (SSSR count). The molecule has 1 aromatic carbocycles. The molecule has 1 aromatic heterocycles. The molecule has 0 unspecified atom stereocenters. The second kappa shape index (κ2) is 6.37. The van der Waals surface area contributed by atoms with Crippen molar-refractivity contribution in [3.8, 4) is 5.69 Å². The molecule has 1 heterocycles. The summed E-state index contributed by atoms with van der Waals surface area (Å²) in [6.07, 6.45) is -1.03. The Labute approximate surface area is 136 Å². The highest BCUT2D eigenvalue weighted by molar-refractivity contribution is 6.35. The minimum Gasteiger partial charge on any atom is -0.448 e. The fraction of sp³-hybridized carbons (Fsp3) is 0.214. The van der Waals surface area contributed by atoms with Crippen LogP contribution in [0.2, 0.25) is 10.0 Å². The number of carbonyl (C=O) groups excluding carboxylic acids is 2. The third-order valence-electron chi connectivity index (χ3n) is 2.92. The van der Waals surface area contributed by atoms with Gasteiger partial charge < -0.3 is 10.5 Å². The number of nitrogens with zero attached hydrogens (tertiary/aromatic N) is 2. The topological polar surface area (TPSA) is 87.2 Å². The number of carbonyl (C=O) groups is 2. The first-order valence-corrected chi connectivity index (χ1v) is 7.07. The van der Waals surface area contributed by atoms with E-state index in [1.807, 2.05) is 0 Å². The first-order valence-electron chi connectivity index (χ1n) is 6.32. The molecule has 116 valence electrons. The largest absolute Gasteiger partial charge is 0.448 e. The quantitative estimate of drug-likeness (QED) is 0.865. The van der Waals surface area contributed by atoms with Crippen molar-refractivity contribution in [2.75, 3.05) is 0 Å². The van der Waals surface area contributed by atoms with Gasteiger partial charge in [0.1, 0.15) is 0 Å². The Morgan fingerprint density at radius 2 is 2.00 bits per heavy atom. The zero-order valence-corrected chi connectivity index (χ0v) is 13.4. The molecule has 22 heavy (non-hydrogen) atoms. The van der Waals surface area contributed by atoms with Gasteiger partial charge in [-0.05, 0) is 38.1 Å². The monoisotopic (exact) mass is 341 g/mol. The van der Waals surface area contributed by atoms with E-state index in [0.29, 0.717) is 21.4 Å². The number of hydrogen-bond donors (Lipinski definition) is 1. The van der Waals surface area contributed by atoms with Crippen LogP contribution in [0.4, 0.5) is 0 Å². The summed E-state index contributed by atoms with van der Waals surface area (Å²) >= 11 is 12.0. The van der Waals surface area contributed by atoms with Crippen LogP contribution < -0.4 is 5.73 Å². The summed E-state index contributed by atoms with van der Waals surface area (Å²) in [5.74, 6) is -1.47. The molecule has 1 atom stereocenters. The molecule has 8 heteroatoms. The minimum absolute atomic E-state index is 0.0524. The van der Waals surface area contributed by atoms with E-state index in [-0.39, 0.29) is 5.69 Å². The molecule has 0 radical (unpaired) electrons. The molecule has 2 N–H and O–H groups in total. The van der Waals surface area contributed by atoms with Crippen molar-refractivity contribution < 1.29 is 14.3 Å². The zero-order chi connectivity index (χ0) is 16.4. The van der Waals surface area contributed by atoms with Crippen molar-refractivity contribution in [2.45, 2.75) is 20.0 Å². The summed E-state index contributed by atoms with van der Waals surface area (Å²) in [6, 6.07) is 6.45. The number of rotatable bonds is 4. The minimum atomic E-state index is -1.03. The SMILES string of the molecule is Cc1cc(C(=O)O[C@@H](C)C(N)=O)nn1-c1ccc(Cl)cc1Cl. The van der Waals surface area contributed by atoms with Gasteiger partial charge in [0.2, 0.25) is 0 Å². The Morgan fingerprint density at radius 1 is 1.32 bits per heavy atom. The van der Waals surface area contributed by atoms with Crippen LogP contribution in [-0.4, -0.2) is 27.8 Å². The third kappa shape index (κ3) is 3.40. The molecular formula is C14H13Cl2N3O3. The zero-order valence-electron chi connectivity index (χ0n) is 11.8. The number of aryl methyl sites for hydroxylation is 1. The van der Waals surface area contributed by atoms with Crippen LogP contribution in [0.15, 0.2) is 24.3 Å². The summed E-state index contributed by atoms with van der Waals surface area (Å²) in [5, 5.41) is 5.03. The molecular weight excluding hydrogens is 329 g/mol. The molecule has 0 bridgehead atoms. The lowest BCUT2D eigenvalue weighted by molar-refractivity contribution is -0.125. The molecule has 0 saturated heterocycles. The van der Waals surface area contributed by atoms with E-state index in [0.717, 1.165) is 0 Å². The summed E-state index contributed by atoms with van der Waals surface area (Å²) in [4.78, 5) is 22.9. The van der Waals surface area contributed by atoms with E-state index in [4.69, 9.17) is 33.7 Å². The van der Waals surface area contributed by atoms with E-state index in [2.05, 4.69) is 5.10 Å². The molecule has 0 saturated carbocycles. The fourth-order valence-electron chi connectivity index (χ4n) is 1.75. The standard InChI is InChI=1S/C14H13Cl2N3O3/c1-7-5-11(14(21)22-8(2)13(17)20)18-19(7)12-4-3-9(15)6-10(12)16/h3-6,8H,1-2H3,(H2,17,20)/t8-/m0/s1. The van der Waals surface area contributed by atoms with Crippen molar-refractivity contribution in [3.63, 3.8) is 0 Å². The maximum absolute atomic E-state index is 11.9. The lowest BCUT2D eigenvalue weighted by atomic mass is 10.3. The molecule has 0 aliphatic heterocycles. The van der Waals surface area contributed by atoms with Crippen molar-refractivity contribution >= 4 is 35.1 Å². The molecule has 0 aliphatic rings. The Morgan fingerprint density at radius 3 is 2.59 bits per heavy atom. The second-order valence-electron chi connectivity index (χ2n) is 4.63. The smallest absolute Gasteiger partial charge is 0.359 e. The number of aromatic nitrogens is 2. The normalized spacial score (nSPS) is 12.0. The van der Waals surface area contributed by atoms with E-state index >= 15 is 0 Å². The predicted octanol–water partition coefficient (Wildman–Crippen LogP) is 2.52. The van der Waals surface area contributed by atoms with Crippen molar-refractivity contribution in [1.29, 1.82) is 0 Å². The van der Waals surface area contributed by atoms with Gasteiger partial charge in [-0.15, -0.1) is 0 Å². The van der Waals surface area contributed by atoms with Crippen LogP contribution in [0.3, 0.4) is 0 Å². The summed E-state index contributed by atoms with van der Waals surface area (Å²) in [5.41, 5.74) is 6.35. The van der Waals surface area contributed by atoms with E-state index in [1.54, 1.807) is 25.1 Å². The third-order valence-corrected chi connectivity index (χ3v) is 3.46. The number of halogens is 2. The molecule has 0 fully saturated rings. The van der Waals surface area contributed by atoms with Crippen molar-refractivity contribution in [3.05, 3.63) is 45.7 Å². The first kappa shape index (κ1) is 16.3. The predicted molar refractivity (Wildman–Crippen MR) is 82.4 cm³/mol. The summed E-state index contributed by atoms with van der Waals surface area (Å²) in [6.45, 7) is 3.15. The molecule has 0 spiro atoms. The lowest BCUT2D eigenvalue weighted by Gasteiger charge is -2.08. The van der Waals surface area contributed by atoms with Gasteiger partial charge in [-0.25, -0.2) is 9.48 Å². The highest BCUT2D eigenvalue weighted by Crippen LogP contribution is 2.25. The van der Waals surface area contributed by atoms with Crippen LogP contribution >= 0.6 is 23.2 Å². The van der Waals surface area contributed by atoms with Gasteiger partial charge in [0.05, 0.1) is 10.7 Å². The lowest BCUT2D eigenvalue weighted by Crippen LogP contribution is -2.30. The van der Waals surface area contributed by atoms with Crippen LogP contribution in [0, 0.1) is 6.92 Å². The number of hydrogen-bond acceptors (Lipinski definition) is 4. The summed E-state index contributed by atoms with van der Waals surface area (Å²) < 4.78 is 6.40. The molecule has 6 nitrogen and oxygen atoms in total. The van der Waals surface area contributed by atoms with Crippen molar-refractivity contribution in [1.82, 2.24) is 9.78 Å². The number of benzene rings is 1. The maximum Gasteiger partial charge on any atom is 0.359 e. The van der Waals surface area contributed by atoms with Gasteiger partial charge in [-0.3, -0.25) is 4.79 Å². The van der Waals surface area contributed by atoms with Crippen molar-refractivity contribution in [2.24, 2.45) is 5.73 Å². The first-order chi connectivity index (χ1) is 10.3. The van der Waals surface area contributed by atoms with Gasteiger partial charge >= 0.3 is 5.97 Å². The fourth-order valence-corrected chi connectivity index (χ4v) is 2.24. The van der Waals surface area contributed by atoms with Crippen LogP contribution in [0.1, 0.15) is 23.1 Å². The highest BCUT2D eigenvalue weighted by Gasteiger charge is 2.20. The Balaban J connectivity index is 2.32. The van der Waals surface area contributed by atoms with E-state index in [9.17, 15) is 9.59 Å². The average molecular weight is 342 g/mol. The Hall–Kier alpha value is -2.05. The van der Waals surface area contributed by atoms with Gasteiger partial charge in [0.15, 0.2) is 11.8 Å². The van der Waals surface area contributed by atoms with E-state index in [1.165, 1.54) is 17.7 Å². The van der Waals surface area contributed by atoms with Gasteiger partial charge in [-0.1, -0.05) is 23.2 Å². The maximum atomic E-state index is 11.9. The van der Waals surface area contributed by atoms with Crippen LogP contribution in [-0.2, 0) is 9.53 Å². The second-order valence-corrected chi connectivity index (χ2v) is 5.47. The number of amides is 1. The Bertz CT molecular complexity index is 743. The number of ether oxygens (including phenoxy) is 1. The number of primary amides is 1. The van der Waals surface area contributed by atoms with Crippen LogP contribution in [0.25, 0.3) is 5.69 Å². The molecule has 2 aromatic rings. The number of nitrogens with two attached hydrogens (primary N) is 1. The number of esters is 1. The average Bonchev–Trinajstić information content (AvgIpc) is 2.80. The van der Waals surface area contributed by atoms with Gasteiger partial charge in [-0.2, -0.15) is 5.10 Å². The van der Waals surface area contributed by atoms with Gasteiger partial charge in [0.25, 0.3) is 5.91 Å². The van der Waals surface area contributed by atoms with Gasteiger partial charge in [0, 0.05) is 10.7 Å². The summed E-state index contributed by atoms with van der Waals surface area (Å²) in [7, 11) is 0. The van der Waals surface area contributed by atoms with E-state index < -0.39 is 18.0 Å². The molecule has 0 aliphatic carbocycles. The van der Waals surface area contributed by atoms with Crippen LogP contribution in [0.5, 0.6) is 0 Å². The Kier molecular flexibility index (Phi) is 4.73. The molecule has 1 amide bonds. The highest BCUT2D eigenvalue weighted by atomic mass is 35.5.